The fraction of sp³-hybridized carbons (Fsp3) is 0.889. The first-order valence-electron chi connectivity index (χ1n) is 9.49. The van der Waals surface area contributed by atoms with Crippen molar-refractivity contribution in [1.82, 2.24) is 10.6 Å². The third-order valence-corrected chi connectivity index (χ3v) is 4.10. The van der Waals surface area contributed by atoms with E-state index in [4.69, 9.17) is 10.2 Å². The predicted octanol–water partition coefficient (Wildman–Crippen LogP) is 3.43. The molecule has 4 N–H and O–H groups in total. The summed E-state index contributed by atoms with van der Waals surface area (Å²) in [7, 11) is 0. The lowest BCUT2D eigenvalue weighted by Crippen LogP contribution is -2.48. The van der Waals surface area contributed by atoms with Crippen molar-refractivity contribution < 1.29 is 19.8 Å². The Balaban J connectivity index is 3.30. The summed E-state index contributed by atoms with van der Waals surface area (Å²) >= 11 is 0. The van der Waals surface area contributed by atoms with Gasteiger partial charge in [0.2, 0.25) is 0 Å². The molecule has 1 atom stereocenters. The molecule has 0 aliphatic carbocycles. The number of aliphatic hydroxyl groups is 1. The van der Waals surface area contributed by atoms with Crippen molar-refractivity contribution in [2.24, 2.45) is 0 Å². The zero-order chi connectivity index (χ0) is 18.0. The largest absolute Gasteiger partial charge is 0.480 e. The summed E-state index contributed by atoms with van der Waals surface area (Å²) in [5.74, 6) is -1.24. The van der Waals surface area contributed by atoms with Gasteiger partial charge in [0.25, 0.3) is 0 Å². The quantitative estimate of drug-likeness (QED) is 0.322. The van der Waals surface area contributed by atoms with Crippen molar-refractivity contribution in [3.8, 4) is 0 Å². The number of carboxylic acids is 1. The van der Waals surface area contributed by atoms with Crippen LogP contribution >= 0.6 is 0 Å². The first-order valence-corrected chi connectivity index (χ1v) is 9.49. The molecule has 0 radical (unpaired) electrons. The van der Waals surface area contributed by atoms with E-state index in [1.165, 1.54) is 64.2 Å². The van der Waals surface area contributed by atoms with Gasteiger partial charge in [-0.15, -0.1) is 0 Å². The van der Waals surface area contributed by atoms with Crippen molar-refractivity contribution >= 4 is 12.0 Å². The van der Waals surface area contributed by atoms with Crippen LogP contribution in [0.15, 0.2) is 0 Å². The van der Waals surface area contributed by atoms with Crippen LogP contribution in [-0.4, -0.2) is 41.4 Å². The van der Waals surface area contributed by atoms with Crippen molar-refractivity contribution in [2.45, 2.75) is 90.0 Å². The van der Waals surface area contributed by atoms with Gasteiger partial charge in [-0.3, -0.25) is 0 Å². The number of urea groups is 1. The summed E-state index contributed by atoms with van der Waals surface area (Å²) in [5.41, 5.74) is 0. The molecule has 0 fully saturated rings. The van der Waals surface area contributed by atoms with Crippen LogP contribution in [0.25, 0.3) is 0 Å². The molecular formula is C18H36N2O4. The maximum absolute atomic E-state index is 11.4. The molecule has 0 saturated carbocycles. The normalized spacial score (nSPS) is 11.9. The minimum absolute atomic E-state index is 0.529. The lowest BCUT2D eigenvalue weighted by atomic mass is 10.1. The monoisotopic (exact) mass is 344 g/mol. The summed E-state index contributed by atoms with van der Waals surface area (Å²) in [4.78, 5) is 22.1. The predicted molar refractivity (Wildman–Crippen MR) is 96.1 cm³/mol. The van der Waals surface area contributed by atoms with E-state index in [9.17, 15) is 9.59 Å². The van der Waals surface area contributed by atoms with E-state index in [0.717, 1.165) is 12.8 Å². The lowest BCUT2D eigenvalue weighted by molar-refractivity contribution is -0.140. The van der Waals surface area contributed by atoms with E-state index < -0.39 is 24.6 Å². The number of aliphatic hydroxyl groups excluding tert-OH is 1. The smallest absolute Gasteiger partial charge is 0.328 e. The van der Waals surface area contributed by atoms with Crippen molar-refractivity contribution in [3.05, 3.63) is 0 Å². The molecule has 0 aliphatic heterocycles. The zero-order valence-corrected chi connectivity index (χ0v) is 15.2. The van der Waals surface area contributed by atoms with Gasteiger partial charge in [-0.2, -0.15) is 0 Å². The molecule has 0 aromatic rings. The molecule has 0 aromatic carbocycles. The fourth-order valence-electron chi connectivity index (χ4n) is 2.56. The van der Waals surface area contributed by atoms with Gasteiger partial charge in [-0.25, -0.2) is 9.59 Å². The van der Waals surface area contributed by atoms with Crippen LogP contribution in [0.1, 0.15) is 84.0 Å². The van der Waals surface area contributed by atoms with Crippen molar-refractivity contribution in [2.75, 3.05) is 13.2 Å². The third kappa shape index (κ3) is 14.3. The Kier molecular flexibility index (Phi) is 15.7. The highest BCUT2D eigenvalue weighted by Gasteiger charge is 2.17. The Morgan fingerprint density at radius 3 is 1.71 bits per heavy atom. The van der Waals surface area contributed by atoms with E-state index in [2.05, 4.69) is 17.6 Å². The van der Waals surface area contributed by atoms with E-state index >= 15 is 0 Å². The summed E-state index contributed by atoms with van der Waals surface area (Å²) < 4.78 is 0. The number of rotatable bonds is 16. The Labute approximate surface area is 146 Å². The maximum atomic E-state index is 11.4. The van der Waals surface area contributed by atoms with Crippen LogP contribution in [0.2, 0.25) is 0 Å². The standard InChI is InChI=1S/C18H36N2O4/c1-2-3-4-5-6-7-8-9-10-11-12-13-14-19-18(24)20-16(15-21)17(22)23/h16,21H,2-15H2,1H3,(H,22,23)(H2,19,20,24)/t16-/m0/s1. The molecule has 6 nitrogen and oxygen atoms in total. The van der Waals surface area contributed by atoms with E-state index in [0.29, 0.717) is 6.54 Å². The van der Waals surface area contributed by atoms with E-state index in [1.54, 1.807) is 0 Å². The number of amides is 2. The maximum Gasteiger partial charge on any atom is 0.328 e. The Morgan fingerprint density at radius 2 is 1.29 bits per heavy atom. The second kappa shape index (κ2) is 16.6. The number of hydrogen-bond donors (Lipinski definition) is 4. The highest BCUT2D eigenvalue weighted by Crippen LogP contribution is 2.11. The Bertz CT molecular complexity index is 324. The number of unbranched alkanes of at least 4 members (excludes halogenated alkanes) is 11. The summed E-state index contributed by atoms with van der Waals surface area (Å²) in [5, 5.41) is 22.3. The average Bonchev–Trinajstić information content (AvgIpc) is 2.56. The molecule has 142 valence electrons. The number of aliphatic carboxylic acids is 1. The minimum Gasteiger partial charge on any atom is -0.480 e. The first kappa shape index (κ1) is 22.7. The first-order chi connectivity index (χ1) is 11.6. The molecule has 0 aromatic heterocycles. The highest BCUT2D eigenvalue weighted by atomic mass is 16.4. The molecule has 0 saturated heterocycles. The average molecular weight is 344 g/mol. The van der Waals surface area contributed by atoms with Gasteiger partial charge in [0.15, 0.2) is 6.04 Å². The summed E-state index contributed by atoms with van der Waals surface area (Å²) in [6.07, 6.45) is 15.1. The molecule has 0 bridgehead atoms. The number of nitrogens with one attached hydrogen (secondary N) is 2. The topological polar surface area (TPSA) is 98.7 Å². The van der Waals surface area contributed by atoms with Crippen LogP contribution in [0, 0.1) is 0 Å². The van der Waals surface area contributed by atoms with E-state index in [1.807, 2.05) is 0 Å². The highest BCUT2D eigenvalue weighted by molar-refractivity contribution is 5.82. The second-order valence-corrected chi connectivity index (χ2v) is 6.36. The molecule has 6 heteroatoms. The number of hydrogen-bond acceptors (Lipinski definition) is 3. The van der Waals surface area contributed by atoms with Gasteiger partial charge in [-0.05, 0) is 6.42 Å². The SMILES string of the molecule is CCCCCCCCCCCCCCNC(=O)N[C@@H](CO)C(=O)O. The van der Waals surface area contributed by atoms with Gasteiger partial charge in [0, 0.05) is 6.54 Å². The van der Waals surface area contributed by atoms with Crippen molar-refractivity contribution in [1.29, 1.82) is 0 Å². The van der Waals surface area contributed by atoms with Gasteiger partial charge >= 0.3 is 12.0 Å². The van der Waals surface area contributed by atoms with Crippen LogP contribution < -0.4 is 10.6 Å². The number of carbonyl (C=O) groups excluding carboxylic acids is 1. The number of carbonyl (C=O) groups is 2. The lowest BCUT2D eigenvalue weighted by Gasteiger charge is -2.12. The second-order valence-electron chi connectivity index (χ2n) is 6.36. The summed E-state index contributed by atoms with van der Waals surface area (Å²) in [6, 6.07) is -1.79. The molecular weight excluding hydrogens is 308 g/mol. The van der Waals surface area contributed by atoms with Gasteiger partial charge < -0.3 is 20.8 Å². The van der Waals surface area contributed by atoms with Gasteiger partial charge in [-0.1, -0.05) is 77.6 Å². The van der Waals surface area contributed by atoms with Gasteiger partial charge in [0.1, 0.15) is 0 Å². The number of carboxylic acid groups (broad SMARTS) is 1. The van der Waals surface area contributed by atoms with Crippen LogP contribution in [-0.2, 0) is 4.79 Å². The molecule has 0 rings (SSSR count). The molecule has 24 heavy (non-hydrogen) atoms. The van der Waals surface area contributed by atoms with Crippen molar-refractivity contribution in [3.63, 3.8) is 0 Å². The third-order valence-electron chi connectivity index (χ3n) is 4.10. The minimum atomic E-state index is -1.24. The van der Waals surface area contributed by atoms with Gasteiger partial charge in [0.05, 0.1) is 6.61 Å². The Morgan fingerprint density at radius 1 is 0.833 bits per heavy atom. The van der Waals surface area contributed by atoms with Crippen LogP contribution in [0.5, 0.6) is 0 Å². The van der Waals surface area contributed by atoms with Crippen LogP contribution in [0.4, 0.5) is 4.79 Å². The molecule has 0 spiro atoms. The van der Waals surface area contributed by atoms with Crippen LogP contribution in [0.3, 0.4) is 0 Å². The molecule has 0 aliphatic rings. The zero-order valence-electron chi connectivity index (χ0n) is 15.2. The molecule has 2 amide bonds. The summed E-state index contributed by atoms with van der Waals surface area (Å²) in [6.45, 7) is 2.16. The van der Waals surface area contributed by atoms with E-state index in [-0.39, 0.29) is 0 Å². The fourth-order valence-corrected chi connectivity index (χ4v) is 2.56. The molecule has 0 unspecified atom stereocenters. The molecule has 0 heterocycles. The Hall–Kier alpha value is -1.30.